The van der Waals surface area contributed by atoms with E-state index >= 15 is 0 Å². The molecule has 1 aromatic heterocycles. The van der Waals surface area contributed by atoms with Crippen molar-refractivity contribution in [1.82, 2.24) is 14.9 Å². The zero-order valence-corrected chi connectivity index (χ0v) is 14.4. The summed E-state index contributed by atoms with van der Waals surface area (Å²) in [5.41, 5.74) is 2.52. The number of H-pyrrole nitrogens is 1. The van der Waals surface area contributed by atoms with E-state index in [1.165, 1.54) is 18.4 Å². The molecule has 0 amide bonds. The Kier molecular flexibility index (Phi) is 3.93. The first-order chi connectivity index (χ1) is 9.97. The van der Waals surface area contributed by atoms with Crippen LogP contribution in [-0.2, 0) is 0 Å². The van der Waals surface area contributed by atoms with Crippen LogP contribution in [0.25, 0.3) is 11.3 Å². The zero-order chi connectivity index (χ0) is 15.0. The predicted octanol–water partition coefficient (Wildman–Crippen LogP) is 4.63. The molecular weight excluding hydrogens is 326 g/mol. The molecule has 3 rings (SSSR count). The van der Waals surface area contributed by atoms with E-state index in [1.807, 2.05) is 6.20 Å². The molecule has 1 aliphatic rings. The molecule has 1 aliphatic heterocycles. The summed E-state index contributed by atoms with van der Waals surface area (Å²) in [4.78, 5) is 10.6. The minimum absolute atomic E-state index is 0.252. The van der Waals surface area contributed by atoms with E-state index in [0.717, 1.165) is 22.5 Å². The Morgan fingerprint density at radius 3 is 2.67 bits per heavy atom. The van der Waals surface area contributed by atoms with Gasteiger partial charge in [-0.25, -0.2) is 4.98 Å². The van der Waals surface area contributed by atoms with Crippen molar-refractivity contribution in [2.45, 2.75) is 32.7 Å². The number of likely N-dealkylation sites (tertiary alicyclic amines) is 1. The Bertz CT molecular complexity index is 615. The van der Waals surface area contributed by atoms with Crippen molar-refractivity contribution < 1.29 is 0 Å². The molecule has 0 spiro atoms. The number of halogens is 1. The van der Waals surface area contributed by atoms with Crippen molar-refractivity contribution in [3.63, 3.8) is 0 Å². The number of hydrogen-bond acceptors (Lipinski definition) is 2. The lowest BCUT2D eigenvalue weighted by Crippen LogP contribution is -2.41. The Hall–Kier alpha value is -1.13. The smallest absolute Gasteiger partial charge is 0.124 e. The van der Waals surface area contributed by atoms with Gasteiger partial charge in [0.05, 0.1) is 17.9 Å². The summed E-state index contributed by atoms with van der Waals surface area (Å²) in [7, 11) is 2.20. The average molecular weight is 348 g/mol. The third kappa shape index (κ3) is 2.92. The fraction of sp³-hybridized carbons (Fsp3) is 0.471. The van der Waals surface area contributed by atoms with Crippen LogP contribution >= 0.6 is 15.9 Å². The van der Waals surface area contributed by atoms with Crippen LogP contribution in [0, 0.1) is 5.41 Å². The van der Waals surface area contributed by atoms with E-state index in [2.05, 4.69) is 76.0 Å². The van der Waals surface area contributed by atoms with Gasteiger partial charge in [0, 0.05) is 4.47 Å². The molecule has 0 aliphatic carbocycles. The van der Waals surface area contributed by atoms with Crippen molar-refractivity contribution >= 4 is 15.9 Å². The Morgan fingerprint density at radius 2 is 2.00 bits per heavy atom. The first-order valence-electron chi connectivity index (χ1n) is 7.48. The molecule has 1 aromatic carbocycles. The summed E-state index contributed by atoms with van der Waals surface area (Å²) in [6.07, 6.45) is 4.47. The summed E-state index contributed by atoms with van der Waals surface area (Å²) in [6, 6.07) is 8.70. The highest BCUT2D eigenvalue weighted by Crippen LogP contribution is 2.43. The highest BCUT2D eigenvalue weighted by Gasteiger charge is 2.38. The molecule has 0 bridgehead atoms. The Labute approximate surface area is 134 Å². The van der Waals surface area contributed by atoms with Crippen LogP contribution in [-0.4, -0.2) is 28.5 Å². The van der Waals surface area contributed by atoms with Gasteiger partial charge in [0.25, 0.3) is 0 Å². The molecule has 112 valence electrons. The average Bonchev–Trinajstić information content (AvgIpc) is 2.87. The monoisotopic (exact) mass is 347 g/mol. The number of aromatic nitrogens is 2. The molecule has 1 saturated heterocycles. The summed E-state index contributed by atoms with van der Waals surface area (Å²) in [6.45, 7) is 5.83. The first kappa shape index (κ1) is 14.8. The molecule has 3 nitrogen and oxygen atoms in total. The summed E-state index contributed by atoms with van der Waals surface area (Å²) >= 11 is 3.48. The van der Waals surface area contributed by atoms with Gasteiger partial charge in [-0.1, -0.05) is 41.9 Å². The van der Waals surface area contributed by atoms with E-state index in [0.29, 0.717) is 6.04 Å². The number of nitrogens with one attached hydrogen (secondary N) is 1. The standard InChI is InChI=1S/C17H22BrN3/c1-17(2)9-4-10-21(3)15(17)16-19-11-14(20-16)12-5-7-13(18)8-6-12/h5-8,11,15H,4,9-10H2,1-3H3,(H,19,20). The van der Waals surface area contributed by atoms with Gasteiger partial charge in [-0.05, 0) is 49.5 Å². The number of rotatable bonds is 2. The van der Waals surface area contributed by atoms with Crippen molar-refractivity contribution in [3.8, 4) is 11.3 Å². The highest BCUT2D eigenvalue weighted by molar-refractivity contribution is 9.10. The number of benzene rings is 1. The minimum atomic E-state index is 0.252. The van der Waals surface area contributed by atoms with Gasteiger partial charge in [-0.15, -0.1) is 0 Å². The van der Waals surface area contributed by atoms with Crippen LogP contribution in [0.5, 0.6) is 0 Å². The topological polar surface area (TPSA) is 31.9 Å². The summed E-state index contributed by atoms with van der Waals surface area (Å²) < 4.78 is 1.10. The third-order valence-corrected chi connectivity index (χ3v) is 5.05. The fourth-order valence-corrected chi connectivity index (χ4v) is 3.74. The number of piperidine rings is 1. The van der Waals surface area contributed by atoms with E-state index in [-0.39, 0.29) is 5.41 Å². The second-order valence-corrected chi connectivity index (χ2v) is 7.58. The SMILES string of the molecule is CN1CCCC(C)(C)C1c1ncc(-c2ccc(Br)cc2)[nH]1. The van der Waals surface area contributed by atoms with Crippen LogP contribution in [0.1, 0.15) is 38.6 Å². The fourth-order valence-electron chi connectivity index (χ4n) is 3.48. The molecule has 1 atom stereocenters. The lowest BCUT2D eigenvalue weighted by atomic mass is 9.76. The van der Waals surface area contributed by atoms with Crippen LogP contribution in [0.3, 0.4) is 0 Å². The van der Waals surface area contributed by atoms with Gasteiger partial charge in [0.2, 0.25) is 0 Å². The van der Waals surface area contributed by atoms with Crippen molar-refractivity contribution in [2.75, 3.05) is 13.6 Å². The first-order valence-corrected chi connectivity index (χ1v) is 8.28. The Morgan fingerprint density at radius 1 is 1.29 bits per heavy atom. The van der Waals surface area contributed by atoms with E-state index in [9.17, 15) is 0 Å². The lowest BCUT2D eigenvalue weighted by Gasteiger charge is -2.43. The van der Waals surface area contributed by atoms with Crippen LogP contribution in [0.15, 0.2) is 34.9 Å². The van der Waals surface area contributed by atoms with E-state index in [4.69, 9.17) is 0 Å². The van der Waals surface area contributed by atoms with Gasteiger partial charge in [-0.2, -0.15) is 0 Å². The maximum Gasteiger partial charge on any atom is 0.124 e. The quantitative estimate of drug-likeness (QED) is 0.858. The van der Waals surface area contributed by atoms with Gasteiger partial charge in [0.1, 0.15) is 5.82 Å². The molecule has 2 aromatic rings. The molecule has 1 N–H and O–H groups in total. The number of hydrogen-bond donors (Lipinski definition) is 1. The van der Waals surface area contributed by atoms with Crippen LogP contribution < -0.4 is 0 Å². The second-order valence-electron chi connectivity index (χ2n) is 6.66. The molecule has 2 heterocycles. The molecular formula is C17H22BrN3. The Balaban J connectivity index is 1.92. The molecule has 1 unspecified atom stereocenters. The zero-order valence-electron chi connectivity index (χ0n) is 12.9. The normalized spacial score (nSPS) is 22.4. The van der Waals surface area contributed by atoms with Crippen molar-refractivity contribution in [2.24, 2.45) is 5.41 Å². The van der Waals surface area contributed by atoms with Crippen LogP contribution in [0.2, 0.25) is 0 Å². The maximum absolute atomic E-state index is 4.68. The molecule has 21 heavy (non-hydrogen) atoms. The van der Waals surface area contributed by atoms with E-state index < -0.39 is 0 Å². The van der Waals surface area contributed by atoms with Gasteiger partial charge < -0.3 is 4.98 Å². The third-order valence-electron chi connectivity index (χ3n) is 4.52. The number of nitrogens with zero attached hydrogens (tertiary/aromatic N) is 2. The van der Waals surface area contributed by atoms with Gasteiger partial charge in [0.15, 0.2) is 0 Å². The summed E-state index contributed by atoms with van der Waals surface area (Å²) in [5, 5.41) is 0. The predicted molar refractivity (Wildman–Crippen MR) is 90.1 cm³/mol. The number of imidazole rings is 1. The minimum Gasteiger partial charge on any atom is -0.341 e. The van der Waals surface area contributed by atoms with Gasteiger partial charge >= 0.3 is 0 Å². The maximum atomic E-state index is 4.68. The van der Waals surface area contributed by atoms with Gasteiger partial charge in [-0.3, -0.25) is 4.90 Å². The largest absolute Gasteiger partial charge is 0.341 e. The second kappa shape index (κ2) is 5.58. The van der Waals surface area contributed by atoms with Crippen molar-refractivity contribution in [3.05, 3.63) is 40.8 Å². The molecule has 0 radical (unpaired) electrons. The molecule has 0 saturated carbocycles. The summed E-state index contributed by atoms with van der Waals surface area (Å²) in [5.74, 6) is 1.08. The number of aromatic amines is 1. The van der Waals surface area contributed by atoms with Crippen LogP contribution in [0.4, 0.5) is 0 Å². The van der Waals surface area contributed by atoms with Crippen molar-refractivity contribution in [1.29, 1.82) is 0 Å². The highest BCUT2D eigenvalue weighted by atomic mass is 79.9. The van der Waals surface area contributed by atoms with E-state index in [1.54, 1.807) is 0 Å². The molecule has 4 heteroatoms. The molecule has 1 fully saturated rings. The lowest BCUT2D eigenvalue weighted by molar-refractivity contribution is 0.0524.